The second kappa shape index (κ2) is 5.67. The van der Waals surface area contributed by atoms with Crippen molar-refractivity contribution in [3.8, 4) is 0 Å². The van der Waals surface area contributed by atoms with Gasteiger partial charge in [0.2, 0.25) is 0 Å². The summed E-state index contributed by atoms with van der Waals surface area (Å²) in [6.07, 6.45) is 1.76. The maximum Gasteiger partial charge on any atom is 0.134 e. The summed E-state index contributed by atoms with van der Waals surface area (Å²) in [6, 6.07) is 5.64. The zero-order valence-corrected chi connectivity index (χ0v) is 12.5. The molecule has 0 saturated carbocycles. The molecule has 6 heteroatoms. The minimum absolute atomic E-state index is 0.255. The number of hydrogen-bond donors (Lipinski definition) is 1. The molecule has 0 bridgehead atoms. The van der Waals surface area contributed by atoms with Crippen molar-refractivity contribution in [2.24, 2.45) is 0 Å². The molecule has 0 aliphatic carbocycles. The number of nitrogens with zero attached hydrogens (tertiary/aromatic N) is 3. The zero-order chi connectivity index (χ0) is 13.1. The van der Waals surface area contributed by atoms with Gasteiger partial charge in [0.1, 0.15) is 21.7 Å². The third-order valence-electron chi connectivity index (χ3n) is 2.17. The minimum atomic E-state index is 0.255. The van der Waals surface area contributed by atoms with Gasteiger partial charge in [0.15, 0.2) is 0 Å². The Morgan fingerprint density at radius 2 is 2.00 bits per heavy atom. The van der Waals surface area contributed by atoms with Crippen LogP contribution in [0.15, 0.2) is 38.9 Å². The Balaban J connectivity index is 2.26. The van der Waals surface area contributed by atoms with Gasteiger partial charge in [0.05, 0.1) is 0 Å². The number of halogens is 1. The molecule has 0 aliphatic rings. The molecule has 4 nitrogen and oxygen atoms in total. The quantitative estimate of drug-likeness (QED) is 0.875. The molecule has 0 atom stereocenters. The van der Waals surface area contributed by atoms with Crippen LogP contribution in [0.1, 0.15) is 25.6 Å². The maximum atomic E-state index is 5.78. The van der Waals surface area contributed by atoms with Gasteiger partial charge in [0.25, 0.3) is 0 Å². The monoisotopic (exact) mass is 324 g/mol. The van der Waals surface area contributed by atoms with Crippen molar-refractivity contribution < 1.29 is 0 Å². The van der Waals surface area contributed by atoms with Crippen molar-refractivity contribution >= 4 is 33.5 Å². The van der Waals surface area contributed by atoms with Crippen molar-refractivity contribution in [3.63, 3.8) is 0 Å². The van der Waals surface area contributed by atoms with Crippen molar-refractivity contribution in [1.29, 1.82) is 0 Å². The summed E-state index contributed by atoms with van der Waals surface area (Å²) >= 11 is 4.83. The van der Waals surface area contributed by atoms with Gasteiger partial charge in [-0.3, -0.25) is 0 Å². The van der Waals surface area contributed by atoms with Crippen LogP contribution in [0.3, 0.4) is 0 Å². The van der Waals surface area contributed by atoms with Gasteiger partial charge in [-0.25, -0.2) is 15.0 Å². The van der Waals surface area contributed by atoms with Crippen molar-refractivity contribution in [2.75, 3.05) is 5.73 Å². The summed E-state index contributed by atoms with van der Waals surface area (Å²) in [5, 5.41) is 1.70. The number of rotatable bonds is 3. The largest absolute Gasteiger partial charge is 0.384 e. The molecule has 0 aromatic carbocycles. The molecule has 0 aliphatic heterocycles. The number of nitrogen functional groups attached to an aromatic ring is 1. The lowest BCUT2D eigenvalue weighted by atomic mass is 10.2. The smallest absolute Gasteiger partial charge is 0.134 e. The summed E-state index contributed by atoms with van der Waals surface area (Å²) < 4.78 is 0.955. The van der Waals surface area contributed by atoms with E-state index in [0.29, 0.717) is 5.82 Å². The number of aromatic nitrogens is 3. The van der Waals surface area contributed by atoms with Crippen LogP contribution in [0.5, 0.6) is 0 Å². The van der Waals surface area contributed by atoms with E-state index in [9.17, 15) is 0 Å². The maximum absolute atomic E-state index is 5.78. The first-order valence-electron chi connectivity index (χ1n) is 5.48. The SMILES string of the molecule is CC(C)c1nc(N)cc(Sc2ccc(Br)cn2)n1. The molecule has 2 aromatic rings. The predicted molar refractivity (Wildman–Crippen MR) is 76.6 cm³/mol. The summed E-state index contributed by atoms with van der Waals surface area (Å²) in [4.78, 5) is 13.0. The second-order valence-electron chi connectivity index (χ2n) is 4.06. The lowest BCUT2D eigenvalue weighted by molar-refractivity contribution is 0.756. The summed E-state index contributed by atoms with van der Waals surface area (Å²) in [7, 11) is 0. The van der Waals surface area contributed by atoms with Crippen LogP contribution in [0.25, 0.3) is 0 Å². The van der Waals surface area contributed by atoms with Crippen molar-refractivity contribution in [2.45, 2.75) is 29.8 Å². The van der Waals surface area contributed by atoms with Crippen molar-refractivity contribution in [1.82, 2.24) is 15.0 Å². The Morgan fingerprint density at radius 3 is 2.61 bits per heavy atom. The van der Waals surface area contributed by atoms with Gasteiger partial charge in [-0.2, -0.15) is 0 Å². The van der Waals surface area contributed by atoms with Crippen LogP contribution in [-0.2, 0) is 0 Å². The molecule has 94 valence electrons. The van der Waals surface area contributed by atoms with E-state index in [1.165, 1.54) is 11.8 Å². The fourth-order valence-electron chi connectivity index (χ4n) is 1.30. The Morgan fingerprint density at radius 1 is 1.22 bits per heavy atom. The summed E-state index contributed by atoms with van der Waals surface area (Å²) in [6.45, 7) is 4.09. The molecule has 0 radical (unpaired) electrons. The molecule has 0 unspecified atom stereocenters. The highest BCUT2D eigenvalue weighted by Crippen LogP contribution is 2.27. The number of pyridine rings is 1. The second-order valence-corrected chi connectivity index (χ2v) is 6.02. The van der Waals surface area contributed by atoms with Gasteiger partial charge < -0.3 is 5.73 Å². The molecule has 18 heavy (non-hydrogen) atoms. The molecule has 2 rings (SSSR count). The molecule has 0 fully saturated rings. The third-order valence-corrected chi connectivity index (χ3v) is 3.50. The highest BCUT2D eigenvalue weighted by Gasteiger charge is 2.08. The lowest BCUT2D eigenvalue weighted by Gasteiger charge is -2.07. The van der Waals surface area contributed by atoms with Crippen LogP contribution in [0.4, 0.5) is 5.82 Å². The van der Waals surface area contributed by atoms with Gasteiger partial charge in [-0.1, -0.05) is 13.8 Å². The zero-order valence-electron chi connectivity index (χ0n) is 10.1. The van der Waals surface area contributed by atoms with E-state index >= 15 is 0 Å². The molecular weight excluding hydrogens is 312 g/mol. The van der Waals surface area contributed by atoms with E-state index in [-0.39, 0.29) is 5.92 Å². The first-order valence-corrected chi connectivity index (χ1v) is 7.09. The van der Waals surface area contributed by atoms with Crippen LogP contribution >= 0.6 is 27.7 Å². The van der Waals surface area contributed by atoms with E-state index in [4.69, 9.17) is 5.73 Å². The van der Waals surface area contributed by atoms with Crippen LogP contribution in [-0.4, -0.2) is 15.0 Å². The Kier molecular flexibility index (Phi) is 4.19. The lowest BCUT2D eigenvalue weighted by Crippen LogP contribution is -2.02. The third kappa shape index (κ3) is 3.43. The van der Waals surface area contributed by atoms with Gasteiger partial charge in [-0.05, 0) is 39.8 Å². The molecule has 0 spiro atoms. The Labute approximate surface area is 119 Å². The molecule has 2 N–H and O–H groups in total. The van der Waals surface area contributed by atoms with E-state index in [1.54, 1.807) is 12.3 Å². The highest BCUT2D eigenvalue weighted by atomic mass is 79.9. The summed E-state index contributed by atoms with van der Waals surface area (Å²) in [5.74, 6) is 1.51. The van der Waals surface area contributed by atoms with E-state index in [2.05, 4.69) is 30.9 Å². The average Bonchev–Trinajstić information content (AvgIpc) is 2.31. The minimum Gasteiger partial charge on any atom is -0.384 e. The van der Waals surface area contributed by atoms with E-state index in [1.807, 2.05) is 26.0 Å². The van der Waals surface area contributed by atoms with Crippen LogP contribution in [0.2, 0.25) is 0 Å². The molecular formula is C12H13BrN4S. The predicted octanol–water partition coefficient (Wildman–Crippen LogP) is 3.49. The van der Waals surface area contributed by atoms with E-state index < -0.39 is 0 Å². The van der Waals surface area contributed by atoms with Crippen molar-refractivity contribution in [3.05, 3.63) is 34.7 Å². The average molecular weight is 325 g/mol. The van der Waals surface area contributed by atoms with Gasteiger partial charge in [-0.15, -0.1) is 0 Å². The van der Waals surface area contributed by atoms with E-state index in [0.717, 1.165) is 20.3 Å². The molecule has 2 heterocycles. The molecule has 0 saturated heterocycles. The number of hydrogen-bond acceptors (Lipinski definition) is 5. The number of nitrogens with two attached hydrogens (primary N) is 1. The number of anilines is 1. The standard InChI is InChI=1S/C12H13BrN4S/c1-7(2)12-16-9(14)5-11(17-12)18-10-4-3-8(13)6-15-10/h3-7H,1-2H3,(H2,14,16,17). The normalized spacial score (nSPS) is 10.9. The highest BCUT2D eigenvalue weighted by molar-refractivity contribution is 9.10. The van der Waals surface area contributed by atoms with Crippen LogP contribution < -0.4 is 5.73 Å². The Hall–Kier alpha value is -1.14. The first kappa shape index (κ1) is 13.3. The van der Waals surface area contributed by atoms with Crippen LogP contribution in [0, 0.1) is 0 Å². The summed E-state index contributed by atoms with van der Waals surface area (Å²) in [5.41, 5.74) is 5.78. The molecule has 0 amide bonds. The van der Waals surface area contributed by atoms with Gasteiger partial charge in [0, 0.05) is 22.7 Å². The fraction of sp³-hybridized carbons (Fsp3) is 0.250. The topological polar surface area (TPSA) is 64.7 Å². The van der Waals surface area contributed by atoms with Gasteiger partial charge >= 0.3 is 0 Å². The molecule has 2 aromatic heterocycles. The Bertz CT molecular complexity index is 542. The fourth-order valence-corrected chi connectivity index (χ4v) is 2.31. The first-order chi connectivity index (χ1) is 8.54.